The van der Waals surface area contributed by atoms with Gasteiger partial charge in [0.2, 0.25) is 0 Å². The van der Waals surface area contributed by atoms with Gasteiger partial charge in [-0.1, -0.05) is 0 Å². The maximum Gasteiger partial charge on any atom is 0.193 e. The minimum atomic E-state index is 0.151. The maximum atomic E-state index is 5.38. The number of likely N-dealkylation sites (N-methyl/N-ethyl adjacent to an activating group) is 1. The van der Waals surface area contributed by atoms with Crippen LogP contribution < -0.4 is 10.1 Å². The van der Waals surface area contributed by atoms with Gasteiger partial charge in [-0.3, -0.25) is 9.38 Å². The van der Waals surface area contributed by atoms with E-state index in [0.29, 0.717) is 0 Å². The first-order valence-corrected chi connectivity index (χ1v) is 7.26. The zero-order chi connectivity index (χ0) is 13.9. The van der Waals surface area contributed by atoms with Crippen LogP contribution in [0.1, 0.15) is 17.3 Å². The van der Waals surface area contributed by atoms with Gasteiger partial charge in [0.25, 0.3) is 0 Å². The lowest BCUT2D eigenvalue weighted by atomic mass is 10.0. The Kier molecular flexibility index (Phi) is 3.66. The van der Waals surface area contributed by atoms with Crippen LogP contribution in [0.4, 0.5) is 0 Å². The Hall–Kier alpha value is -1.92. The lowest BCUT2D eigenvalue weighted by Crippen LogP contribution is -2.19. The van der Waals surface area contributed by atoms with Crippen molar-refractivity contribution in [3.8, 4) is 5.75 Å². The van der Waals surface area contributed by atoms with E-state index in [0.717, 1.165) is 28.4 Å². The molecule has 0 radical (unpaired) electrons. The van der Waals surface area contributed by atoms with Crippen molar-refractivity contribution in [2.75, 3.05) is 14.2 Å². The van der Waals surface area contributed by atoms with Crippen molar-refractivity contribution in [3.63, 3.8) is 0 Å². The van der Waals surface area contributed by atoms with E-state index in [4.69, 9.17) is 4.74 Å². The van der Waals surface area contributed by atoms with Crippen LogP contribution in [-0.4, -0.2) is 28.5 Å². The second-order valence-electron chi connectivity index (χ2n) is 4.49. The number of hydrogen-bond donors (Lipinski definition) is 1. The summed E-state index contributed by atoms with van der Waals surface area (Å²) < 4.78 is 7.44. The lowest BCUT2D eigenvalue weighted by molar-refractivity contribution is 0.399. The number of pyridine rings is 1. The minimum Gasteiger partial charge on any atom is -0.495 e. The van der Waals surface area contributed by atoms with Gasteiger partial charge in [-0.05, 0) is 13.1 Å². The van der Waals surface area contributed by atoms with E-state index in [-0.39, 0.29) is 6.04 Å². The van der Waals surface area contributed by atoms with Crippen molar-refractivity contribution in [1.29, 1.82) is 0 Å². The molecule has 0 fully saturated rings. The Labute approximate surface area is 121 Å². The molecular weight excluding hydrogens is 272 g/mol. The van der Waals surface area contributed by atoms with Crippen molar-refractivity contribution < 1.29 is 4.74 Å². The standard InChI is InChI=1S/C14H16N4OS/c1-15-12(11-3-4-16-8-13(11)19-2)7-10-9-18-5-6-20-14(18)17-10/h3-6,8-9,12,15H,7H2,1-2H3. The maximum absolute atomic E-state index is 5.38. The number of hydrogen-bond acceptors (Lipinski definition) is 5. The summed E-state index contributed by atoms with van der Waals surface area (Å²) in [6.07, 6.45) is 8.44. The van der Waals surface area contributed by atoms with Crippen LogP contribution in [0.2, 0.25) is 0 Å². The highest BCUT2D eigenvalue weighted by atomic mass is 32.1. The summed E-state index contributed by atoms with van der Waals surface area (Å²) in [6.45, 7) is 0. The molecule has 3 aromatic rings. The van der Waals surface area contributed by atoms with Gasteiger partial charge in [-0.15, -0.1) is 11.3 Å². The molecule has 0 amide bonds. The van der Waals surface area contributed by atoms with E-state index < -0.39 is 0 Å². The smallest absolute Gasteiger partial charge is 0.193 e. The van der Waals surface area contributed by atoms with Crippen LogP contribution in [-0.2, 0) is 6.42 Å². The lowest BCUT2D eigenvalue weighted by Gasteiger charge is -2.17. The fourth-order valence-electron chi connectivity index (χ4n) is 2.30. The normalized spacial score (nSPS) is 12.7. The number of aromatic nitrogens is 3. The van der Waals surface area contributed by atoms with Gasteiger partial charge in [0, 0.05) is 42.0 Å². The van der Waals surface area contributed by atoms with Crippen LogP contribution in [0.15, 0.2) is 36.2 Å². The van der Waals surface area contributed by atoms with Crippen LogP contribution in [0.3, 0.4) is 0 Å². The Morgan fingerprint density at radius 3 is 3.15 bits per heavy atom. The summed E-state index contributed by atoms with van der Waals surface area (Å²) in [6, 6.07) is 2.14. The van der Waals surface area contributed by atoms with Crippen molar-refractivity contribution in [3.05, 3.63) is 47.5 Å². The first-order chi connectivity index (χ1) is 9.81. The molecule has 0 aliphatic rings. The monoisotopic (exact) mass is 288 g/mol. The average Bonchev–Trinajstić information content (AvgIpc) is 3.05. The molecule has 5 nitrogen and oxygen atoms in total. The molecule has 0 spiro atoms. The highest BCUT2D eigenvalue weighted by Crippen LogP contribution is 2.26. The number of imidazole rings is 1. The van der Waals surface area contributed by atoms with E-state index >= 15 is 0 Å². The van der Waals surface area contributed by atoms with Gasteiger partial charge >= 0.3 is 0 Å². The second-order valence-corrected chi connectivity index (χ2v) is 5.36. The molecule has 6 heteroatoms. The summed E-state index contributed by atoms with van der Waals surface area (Å²) in [4.78, 5) is 9.75. The van der Waals surface area contributed by atoms with Crippen molar-refractivity contribution >= 4 is 16.3 Å². The molecule has 3 rings (SSSR count). The van der Waals surface area contributed by atoms with E-state index in [2.05, 4.69) is 25.9 Å². The summed E-state index contributed by atoms with van der Waals surface area (Å²) >= 11 is 1.64. The number of nitrogens with zero attached hydrogens (tertiary/aromatic N) is 3. The molecule has 104 valence electrons. The minimum absolute atomic E-state index is 0.151. The van der Waals surface area contributed by atoms with E-state index in [1.165, 1.54) is 0 Å². The Morgan fingerprint density at radius 2 is 2.40 bits per heavy atom. The topological polar surface area (TPSA) is 51.5 Å². The molecule has 0 bridgehead atoms. The van der Waals surface area contributed by atoms with Crippen molar-refractivity contribution in [1.82, 2.24) is 19.7 Å². The number of methoxy groups -OCH3 is 1. The SMILES string of the molecule is CNC(Cc1cn2ccsc2n1)c1ccncc1OC. The zero-order valence-electron chi connectivity index (χ0n) is 11.4. The predicted octanol–water partition coefficient (Wildman–Crippen LogP) is 2.30. The molecule has 0 saturated heterocycles. The summed E-state index contributed by atoms with van der Waals surface area (Å²) in [5, 5.41) is 5.36. The third-order valence-electron chi connectivity index (χ3n) is 3.32. The Morgan fingerprint density at radius 1 is 1.50 bits per heavy atom. The molecule has 0 saturated carbocycles. The molecule has 0 aliphatic heterocycles. The molecular formula is C14H16N4OS. The number of rotatable bonds is 5. The molecule has 3 heterocycles. The summed E-state index contributed by atoms with van der Waals surface area (Å²) in [5.41, 5.74) is 2.16. The van der Waals surface area contributed by atoms with Crippen LogP contribution in [0, 0.1) is 0 Å². The van der Waals surface area contributed by atoms with Gasteiger partial charge in [0.15, 0.2) is 4.96 Å². The highest BCUT2D eigenvalue weighted by Gasteiger charge is 2.16. The zero-order valence-corrected chi connectivity index (χ0v) is 12.2. The van der Waals surface area contributed by atoms with Crippen LogP contribution >= 0.6 is 11.3 Å². The molecule has 0 aromatic carbocycles. The number of thiazole rings is 1. The fourth-order valence-corrected chi connectivity index (χ4v) is 3.02. The van der Waals surface area contributed by atoms with Gasteiger partial charge in [-0.2, -0.15) is 0 Å². The van der Waals surface area contributed by atoms with E-state index in [9.17, 15) is 0 Å². The number of fused-ring (bicyclic) bond motifs is 1. The van der Waals surface area contributed by atoms with Crippen molar-refractivity contribution in [2.24, 2.45) is 0 Å². The third-order valence-corrected chi connectivity index (χ3v) is 4.09. The number of nitrogens with one attached hydrogen (secondary N) is 1. The molecule has 3 aromatic heterocycles. The highest BCUT2D eigenvalue weighted by molar-refractivity contribution is 7.15. The largest absolute Gasteiger partial charge is 0.495 e. The Balaban J connectivity index is 1.88. The molecule has 1 N–H and O–H groups in total. The van der Waals surface area contributed by atoms with Gasteiger partial charge in [0.1, 0.15) is 5.75 Å². The van der Waals surface area contributed by atoms with E-state index in [1.54, 1.807) is 30.8 Å². The van der Waals surface area contributed by atoms with E-state index in [1.807, 2.05) is 24.7 Å². The van der Waals surface area contributed by atoms with Gasteiger partial charge < -0.3 is 10.1 Å². The fraction of sp³-hybridized carbons (Fsp3) is 0.286. The first-order valence-electron chi connectivity index (χ1n) is 6.38. The molecule has 20 heavy (non-hydrogen) atoms. The molecule has 1 unspecified atom stereocenters. The Bertz CT molecular complexity index is 677. The quantitative estimate of drug-likeness (QED) is 0.782. The number of ether oxygens (including phenoxy) is 1. The van der Waals surface area contributed by atoms with Crippen LogP contribution in [0.25, 0.3) is 4.96 Å². The van der Waals surface area contributed by atoms with Gasteiger partial charge in [-0.25, -0.2) is 4.98 Å². The predicted molar refractivity (Wildman–Crippen MR) is 79.4 cm³/mol. The van der Waals surface area contributed by atoms with Gasteiger partial charge in [0.05, 0.1) is 19.0 Å². The van der Waals surface area contributed by atoms with Crippen LogP contribution in [0.5, 0.6) is 5.75 Å². The first kappa shape index (κ1) is 13.1. The molecule has 0 aliphatic carbocycles. The third kappa shape index (κ3) is 2.39. The summed E-state index contributed by atoms with van der Waals surface area (Å²) in [5.74, 6) is 0.799. The average molecular weight is 288 g/mol. The molecule has 1 atom stereocenters. The summed E-state index contributed by atoms with van der Waals surface area (Å²) in [7, 11) is 3.61. The van der Waals surface area contributed by atoms with Crippen molar-refractivity contribution in [2.45, 2.75) is 12.5 Å². The second kappa shape index (κ2) is 5.60.